The van der Waals surface area contributed by atoms with Crippen LogP contribution in [0.25, 0.3) is 11.5 Å². The zero-order chi connectivity index (χ0) is 13.9. The first-order valence-electron chi connectivity index (χ1n) is 6.38. The molecular formula is C16H14N2O2. The molecule has 0 saturated heterocycles. The van der Waals surface area contributed by atoms with Gasteiger partial charge in [0.2, 0.25) is 0 Å². The van der Waals surface area contributed by atoms with Crippen molar-refractivity contribution < 1.29 is 9.21 Å². The predicted octanol–water partition coefficient (Wildman–Crippen LogP) is 3.31. The van der Waals surface area contributed by atoms with Crippen molar-refractivity contribution >= 4 is 6.29 Å². The van der Waals surface area contributed by atoms with Crippen molar-refractivity contribution in [3.05, 3.63) is 65.5 Å². The highest BCUT2D eigenvalue weighted by atomic mass is 16.3. The van der Waals surface area contributed by atoms with Gasteiger partial charge in [-0.2, -0.15) is 5.10 Å². The van der Waals surface area contributed by atoms with Gasteiger partial charge in [-0.3, -0.25) is 9.48 Å². The Bertz CT molecular complexity index is 710. The van der Waals surface area contributed by atoms with E-state index in [1.807, 2.05) is 0 Å². The zero-order valence-electron chi connectivity index (χ0n) is 11.1. The van der Waals surface area contributed by atoms with Crippen molar-refractivity contribution in [1.82, 2.24) is 9.78 Å². The summed E-state index contributed by atoms with van der Waals surface area (Å²) >= 11 is 0. The van der Waals surface area contributed by atoms with Crippen molar-refractivity contribution in [1.29, 1.82) is 0 Å². The second-order valence-electron chi connectivity index (χ2n) is 4.71. The second kappa shape index (κ2) is 5.17. The second-order valence-corrected chi connectivity index (χ2v) is 4.71. The summed E-state index contributed by atoms with van der Waals surface area (Å²) in [5.74, 6) is 0.606. The maximum atomic E-state index is 11.1. The number of aromatic nitrogens is 2. The minimum absolute atomic E-state index is 0.534. The third kappa shape index (κ3) is 2.40. The highest BCUT2D eigenvalue weighted by Gasteiger charge is 2.12. The van der Waals surface area contributed by atoms with Gasteiger partial charge in [-0.25, -0.2) is 0 Å². The van der Waals surface area contributed by atoms with Crippen molar-refractivity contribution in [2.24, 2.45) is 0 Å². The molecule has 0 aliphatic heterocycles. The number of hydrogen-bond donors (Lipinski definition) is 0. The molecule has 0 N–H and O–H groups in total. The molecule has 0 spiro atoms. The molecule has 2 heterocycles. The first-order valence-corrected chi connectivity index (χ1v) is 6.38. The highest BCUT2D eigenvalue weighted by molar-refractivity contribution is 5.83. The predicted molar refractivity (Wildman–Crippen MR) is 75.6 cm³/mol. The molecule has 20 heavy (non-hydrogen) atoms. The lowest BCUT2D eigenvalue weighted by Gasteiger charge is -2.02. The van der Waals surface area contributed by atoms with E-state index in [9.17, 15) is 4.79 Å². The van der Waals surface area contributed by atoms with E-state index >= 15 is 0 Å². The summed E-state index contributed by atoms with van der Waals surface area (Å²) in [4.78, 5) is 11.1. The lowest BCUT2D eigenvalue weighted by molar-refractivity contribution is 0.112. The van der Waals surface area contributed by atoms with E-state index in [2.05, 4.69) is 36.3 Å². The quantitative estimate of drug-likeness (QED) is 0.681. The van der Waals surface area contributed by atoms with Crippen molar-refractivity contribution in [2.75, 3.05) is 0 Å². The SMILES string of the molecule is Cc1ccc(Cn2cc(C=O)c(-c3ccco3)n2)cc1. The smallest absolute Gasteiger partial charge is 0.154 e. The highest BCUT2D eigenvalue weighted by Crippen LogP contribution is 2.21. The maximum absolute atomic E-state index is 11.1. The Kier molecular flexibility index (Phi) is 3.21. The summed E-state index contributed by atoms with van der Waals surface area (Å²) in [5.41, 5.74) is 3.48. The Morgan fingerprint density at radius 2 is 2.05 bits per heavy atom. The number of carbonyl (C=O) groups excluding carboxylic acids is 1. The van der Waals surface area contributed by atoms with E-state index in [4.69, 9.17) is 4.42 Å². The van der Waals surface area contributed by atoms with Gasteiger partial charge in [0.15, 0.2) is 12.0 Å². The molecule has 0 aliphatic rings. The Hall–Kier alpha value is -2.62. The first kappa shape index (κ1) is 12.4. The minimum atomic E-state index is 0.534. The third-order valence-electron chi connectivity index (χ3n) is 3.14. The number of hydrogen-bond acceptors (Lipinski definition) is 3. The van der Waals surface area contributed by atoms with Crippen LogP contribution in [0.3, 0.4) is 0 Å². The fourth-order valence-electron chi connectivity index (χ4n) is 2.09. The Balaban J connectivity index is 1.91. The molecule has 0 amide bonds. The van der Waals surface area contributed by atoms with Crippen LogP contribution in [0.1, 0.15) is 21.5 Å². The van der Waals surface area contributed by atoms with E-state index in [1.165, 1.54) is 5.56 Å². The average Bonchev–Trinajstić information content (AvgIpc) is 3.10. The van der Waals surface area contributed by atoms with Crippen LogP contribution in [0.5, 0.6) is 0 Å². The molecule has 0 radical (unpaired) electrons. The van der Waals surface area contributed by atoms with E-state index in [-0.39, 0.29) is 0 Å². The lowest BCUT2D eigenvalue weighted by atomic mass is 10.1. The summed E-state index contributed by atoms with van der Waals surface area (Å²) in [6.07, 6.45) is 4.12. The zero-order valence-corrected chi connectivity index (χ0v) is 11.1. The third-order valence-corrected chi connectivity index (χ3v) is 3.14. The molecular weight excluding hydrogens is 252 g/mol. The molecule has 3 rings (SSSR count). The van der Waals surface area contributed by atoms with Crippen LogP contribution >= 0.6 is 0 Å². The molecule has 0 atom stereocenters. The molecule has 4 nitrogen and oxygen atoms in total. The topological polar surface area (TPSA) is 48.0 Å². The summed E-state index contributed by atoms with van der Waals surface area (Å²) in [6, 6.07) is 11.8. The molecule has 3 aromatic rings. The van der Waals surface area contributed by atoms with Gasteiger partial charge >= 0.3 is 0 Å². The van der Waals surface area contributed by atoms with E-state index < -0.39 is 0 Å². The van der Waals surface area contributed by atoms with Crippen LogP contribution in [-0.4, -0.2) is 16.1 Å². The van der Waals surface area contributed by atoms with Gasteiger partial charge in [-0.05, 0) is 24.6 Å². The van der Waals surface area contributed by atoms with Crippen molar-refractivity contribution in [3.63, 3.8) is 0 Å². The molecule has 100 valence electrons. The maximum Gasteiger partial charge on any atom is 0.154 e. The molecule has 0 unspecified atom stereocenters. The van der Waals surface area contributed by atoms with E-state index in [1.54, 1.807) is 29.3 Å². The molecule has 0 bridgehead atoms. The summed E-state index contributed by atoms with van der Waals surface area (Å²) in [7, 11) is 0. The van der Waals surface area contributed by atoms with Crippen LogP contribution in [0.2, 0.25) is 0 Å². The van der Waals surface area contributed by atoms with Gasteiger partial charge < -0.3 is 4.42 Å². The summed E-state index contributed by atoms with van der Waals surface area (Å²) in [5, 5.41) is 4.43. The molecule has 4 heteroatoms. The summed E-state index contributed by atoms with van der Waals surface area (Å²) < 4.78 is 7.06. The van der Waals surface area contributed by atoms with E-state index in [0.29, 0.717) is 23.6 Å². The van der Waals surface area contributed by atoms with Gasteiger partial charge in [0.05, 0.1) is 18.4 Å². The normalized spacial score (nSPS) is 10.7. The van der Waals surface area contributed by atoms with Gasteiger partial charge in [0, 0.05) is 6.20 Å². The monoisotopic (exact) mass is 266 g/mol. The van der Waals surface area contributed by atoms with Crippen molar-refractivity contribution in [2.45, 2.75) is 13.5 Å². The Morgan fingerprint density at radius 1 is 1.25 bits per heavy atom. The standard InChI is InChI=1S/C16H14N2O2/c1-12-4-6-13(7-5-12)9-18-10-14(11-19)16(17-18)15-3-2-8-20-15/h2-8,10-11H,9H2,1H3. The molecule has 0 saturated carbocycles. The number of furan rings is 1. The van der Waals surface area contributed by atoms with E-state index in [0.717, 1.165) is 11.8 Å². The lowest BCUT2D eigenvalue weighted by Crippen LogP contribution is -2.00. The number of rotatable bonds is 4. The number of aryl methyl sites for hydroxylation is 1. The number of carbonyl (C=O) groups is 1. The van der Waals surface area contributed by atoms with Gasteiger partial charge in [0.1, 0.15) is 5.69 Å². The van der Waals surface area contributed by atoms with Gasteiger partial charge in [0.25, 0.3) is 0 Å². The summed E-state index contributed by atoms with van der Waals surface area (Å²) in [6.45, 7) is 2.68. The fraction of sp³-hybridized carbons (Fsp3) is 0.125. The first-order chi connectivity index (χ1) is 9.76. The average molecular weight is 266 g/mol. The van der Waals surface area contributed by atoms with Crippen LogP contribution in [-0.2, 0) is 6.54 Å². The molecule has 0 aliphatic carbocycles. The minimum Gasteiger partial charge on any atom is -0.463 e. The van der Waals surface area contributed by atoms with Crippen LogP contribution < -0.4 is 0 Å². The van der Waals surface area contributed by atoms with Crippen LogP contribution in [0, 0.1) is 6.92 Å². The van der Waals surface area contributed by atoms with Crippen molar-refractivity contribution in [3.8, 4) is 11.5 Å². The Morgan fingerprint density at radius 3 is 2.70 bits per heavy atom. The number of aldehydes is 1. The fourth-order valence-corrected chi connectivity index (χ4v) is 2.09. The Labute approximate surface area is 116 Å². The molecule has 1 aromatic carbocycles. The molecule has 0 fully saturated rings. The van der Waals surface area contributed by atoms with Crippen LogP contribution in [0.4, 0.5) is 0 Å². The van der Waals surface area contributed by atoms with Crippen LogP contribution in [0.15, 0.2) is 53.3 Å². The largest absolute Gasteiger partial charge is 0.463 e. The molecule has 2 aromatic heterocycles. The number of nitrogens with zero attached hydrogens (tertiary/aromatic N) is 2. The van der Waals surface area contributed by atoms with Gasteiger partial charge in [-0.1, -0.05) is 29.8 Å². The number of benzene rings is 1. The van der Waals surface area contributed by atoms with Gasteiger partial charge in [-0.15, -0.1) is 0 Å².